The van der Waals surface area contributed by atoms with Gasteiger partial charge in [-0.1, -0.05) is 0 Å². The molecule has 2 heteroatoms. The third-order valence-electron chi connectivity index (χ3n) is 0. The van der Waals surface area contributed by atoms with E-state index in [0.717, 1.165) is 4.48 Å². The van der Waals surface area contributed by atoms with Gasteiger partial charge in [0.2, 0.25) is 0 Å². The number of hydrogen-bond acceptors (Lipinski definition) is 0. The fourth-order valence-electron chi connectivity index (χ4n) is 0. The van der Waals surface area contributed by atoms with Crippen LogP contribution in [0.15, 0.2) is 0 Å². The zero-order valence-electron chi connectivity index (χ0n) is 5.02. The van der Waals surface area contributed by atoms with Crippen molar-refractivity contribution < 1.29 is 4.48 Å². The number of rotatable bonds is 0. The van der Waals surface area contributed by atoms with Gasteiger partial charge in [0.05, 0.1) is 28.2 Å². The van der Waals surface area contributed by atoms with Crippen LogP contribution in [0.25, 0.3) is 0 Å². The number of quaternary nitrogens is 1. The summed E-state index contributed by atoms with van der Waals surface area (Å²) in [5.41, 5.74) is 0. The summed E-state index contributed by atoms with van der Waals surface area (Å²) in [4.78, 5) is 0. The van der Waals surface area contributed by atoms with Crippen molar-refractivity contribution in [3.63, 3.8) is 0 Å². The standard InChI is InChI=1S/C4H12N.Al/c1-5(2,3)4;/h1-4H3;/q+1;+3. The average molecular weight is 101 g/mol. The monoisotopic (exact) mass is 101 g/mol. The molecule has 6 heavy (non-hydrogen) atoms. The van der Waals surface area contributed by atoms with Gasteiger partial charge in [-0.15, -0.1) is 0 Å². The molecule has 0 saturated heterocycles. The van der Waals surface area contributed by atoms with Gasteiger partial charge in [-0.05, 0) is 0 Å². The van der Waals surface area contributed by atoms with Crippen LogP contribution < -0.4 is 0 Å². The molecule has 32 valence electrons. The smallest absolute Gasteiger partial charge is 0.333 e. The number of nitrogens with zero attached hydrogens (tertiary/aromatic N) is 1. The molecule has 0 radical (unpaired) electrons. The maximum Gasteiger partial charge on any atom is 3.00 e. The molecule has 0 heterocycles. The molecular formula is C4H12AlN+4. The molecule has 0 aromatic rings. The van der Waals surface area contributed by atoms with Crippen LogP contribution in [0.4, 0.5) is 0 Å². The molecule has 0 N–H and O–H groups in total. The molecule has 0 aromatic heterocycles. The second-order valence-corrected chi connectivity index (χ2v) is 2.68. The van der Waals surface area contributed by atoms with Crippen molar-refractivity contribution in [1.29, 1.82) is 0 Å². The van der Waals surface area contributed by atoms with Gasteiger partial charge in [-0.3, -0.25) is 0 Å². The maximum absolute atomic E-state index is 2.12. The molecule has 0 atom stereocenters. The van der Waals surface area contributed by atoms with Gasteiger partial charge < -0.3 is 4.48 Å². The van der Waals surface area contributed by atoms with E-state index in [0.29, 0.717) is 0 Å². The van der Waals surface area contributed by atoms with Crippen LogP contribution in [0, 0.1) is 0 Å². The zero-order chi connectivity index (χ0) is 4.50. The predicted molar refractivity (Wildman–Crippen MR) is 29.7 cm³/mol. The Morgan fingerprint density at radius 2 is 0.833 bits per heavy atom. The normalized spacial score (nSPS) is 10.0. The first-order valence-corrected chi connectivity index (χ1v) is 1.79. The van der Waals surface area contributed by atoms with Crippen LogP contribution in [0.3, 0.4) is 0 Å². The van der Waals surface area contributed by atoms with E-state index < -0.39 is 0 Å². The Kier molecular flexibility index (Phi) is 4.25. The summed E-state index contributed by atoms with van der Waals surface area (Å²) in [6, 6.07) is 0. The van der Waals surface area contributed by atoms with Gasteiger partial charge in [-0.2, -0.15) is 0 Å². The van der Waals surface area contributed by atoms with E-state index in [1.807, 2.05) is 0 Å². The molecule has 0 aliphatic heterocycles. The van der Waals surface area contributed by atoms with Gasteiger partial charge in [0, 0.05) is 0 Å². The summed E-state index contributed by atoms with van der Waals surface area (Å²) in [5.74, 6) is 0. The third kappa shape index (κ3) is 226. The molecule has 0 bridgehead atoms. The minimum absolute atomic E-state index is 0. The van der Waals surface area contributed by atoms with E-state index in [4.69, 9.17) is 0 Å². The quantitative estimate of drug-likeness (QED) is 0.296. The minimum Gasteiger partial charge on any atom is -0.333 e. The minimum atomic E-state index is 0. The van der Waals surface area contributed by atoms with Crippen LogP contribution in [0.5, 0.6) is 0 Å². The summed E-state index contributed by atoms with van der Waals surface area (Å²) in [5, 5.41) is 0. The predicted octanol–water partition coefficient (Wildman–Crippen LogP) is -0.0584. The molecule has 0 spiro atoms. The molecule has 0 unspecified atom stereocenters. The van der Waals surface area contributed by atoms with Crippen molar-refractivity contribution in [3.05, 3.63) is 0 Å². The zero-order valence-corrected chi connectivity index (χ0v) is 6.18. The first-order valence-electron chi connectivity index (χ1n) is 1.79. The average Bonchev–Trinajstić information content (AvgIpc) is 0.722. The topological polar surface area (TPSA) is 0 Å². The number of hydrogen-bond donors (Lipinski definition) is 0. The van der Waals surface area contributed by atoms with E-state index in [1.165, 1.54) is 0 Å². The second-order valence-electron chi connectivity index (χ2n) is 2.68. The summed E-state index contributed by atoms with van der Waals surface area (Å²) in [6.45, 7) is 0. The first-order chi connectivity index (χ1) is 2.00. The van der Waals surface area contributed by atoms with E-state index in [2.05, 4.69) is 28.2 Å². The summed E-state index contributed by atoms with van der Waals surface area (Å²) < 4.78 is 1.00. The SMILES string of the molecule is C[N+](C)(C)C.[Al+3]. The van der Waals surface area contributed by atoms with Crippen LogP contribution in [-0.2, 0) is 0 Å². The Morgan fingerprint density at radius 3 is 0.833 bits per heavy atom. The van der Waals surface area contributed by atoms with Crippen LogP contribution in [0.2, 0.25) is 0 Å². The molecule has 0 fully saturated rings. The fourth-order valence-corrected chi connectivity index (χ4v) is 0. The Balaban J connectivity index is 0. The maximum atomic E-state index is 2.12. The van der Waals surface area contributed by atoms with Crippen molar-refractivity contribution in [2.75, 3.05) is 28.2 Å². The van der Waals surface area contributed by atoms with Crippen molar-refractivity contribution in [1.82, 2.24) is 0 Å². The molecule has 0 amide bonds. The van der Waals surface area contributed by atoms with E-state index in [9.17, 15) is 0 Å². The summed E-state index contributed by atoms with van der Waals surface area (Å²) in [6.07, 6.45) is 0. The molecule has 1 nitrogen and oxygen atoms in total. The Morgan fingerprint density at radius 1 is 0.833 bits per heavy atom. The molecule has 0 rings (SSSR count). The third-order valence-corrected chi connectivity index (χ3v) is 0. The first kappa shape index (κ1) is 9.70. The van der Waals surface area contributed by atoms with Gasteiger partial charge >= 0.3 is 17.4 Å². The molecule has 0 aliphatic rings. The molecule has 0 saturated carbocycles. The van der Waals surface area contributed by atoms with Crippen molar-refractivity contribution in [3.8, 4) is 0 Å². The van der Waals surface area contributed by atoms with Crippen molar-refractivity contribution in [2.24, 2.45) is 0 Å². The van der Waals surface area contributed by atoms with Gasteiger partial charge in [-0.25, -0.2) is 0 Å². The van der Waals surface area contributed by atoms with E-state index in [1.54, 1.807) is 0 Å². The van der Waals surface area contributed by atoms with Gasteiger partial charge in [0.25, 0.3) is 0 Å². The van der Waals surface area contributed by atoms with Crippen LogP contribution in [0.1, 0.15) is 0 Å². The van der Waals surface area contributed by atoms with Gasteiger partial charge in [0.1, 0.15) is 0 Å². The van der Waals surface area contributed by atoms with Crippen molar-refractivity contribution in [2.45, 2.75) is 0 Å². The summed E-state index contributed by atoms with van der Waals surface area (Å²) >= 11 is 0. The Labute approximate surface area is 50.7 Å². The van der Waals surface area contributed by atoms with E-state index >= 15 is 0 Å². The van der Waals surface area contributed by atoms with Crippen LogP contribution in [-0.4, -0.2) is 50.0 Å². The Hall–Kier alpha value is 0.492. The fraction of sp³-hybridized carbons (Fsp3) is 1.00. The molecule has 0 aliphatic carbocycles. The largest absolute Gasteiger partial charge is 3.00 e. The summed E-state index contributed by atoms with van der Waals surface area (Å²) in [7, 11) is 8.50. The second kappa shape index (κ2) is 2.63. The van der Waals surface area contributed by atoms with E-state index in [-0.39, 0.29) is 17.4 Å². The molecular weight excluding hydrogens is 89.0 g/mol. The Bertz CT molecular complexity index is 23.0. The van der Waals surface area contributed by atoms with Gasteiger partial charge in [0.15, 0.2) is 0 Å². The molecule has 0 aromatic carbocycles. The van der Waals surface area contributed by atoms with Crippen molar-refractivity contribution >= 4 is 17.4 Å². The van der Waals surface area contributed by atoms with Crippen LogP contribution >= 0.6 is 0 Å².